The van der Waals surface area contributed by atoms with Gasteiger partial charge in [-0.2, -0.15) is 5.26 Å². The number of para-hydroxylation sites is 2. The normalized spacial score (nSPS) is 16.8. The fraction of sp³-hybridized carbons (Fsp3) is 0.263. The lowest BCUT2D eigenvalue weighted by Gasteiger charge is -2.17. The first-order valence-corrected chi connectivity index (χ1v) is 8.38. The van der Waals surface area contributed by atoms with Gasteiger partial charge in [0.25, 0.3) is 0 Å². The molecule has 0 spiro atoms. The molecule has 6 nitrogen and oxygen atoms in total. The zero-order chi connectivity index (χ0) is 17.1. The van der Waals surface area contributed by atoms with Crippen molar-refractivity contribution in [3.8, 4) is 6.07 Å². The summed E-state index contributed by atoms with van der Waals surface area (Å²) >= 11 is 0. The molecule has 3 heterocycles. The number of aromatic nitrogens is 3. The summed E-state index contributed by atoms with van der Waals surface area (Å²) in [5, 5.41) is 12.2. The minimum atomic E-state index is 0.533. The molecule has 0 amide bonds. The van der Waals surface area contributed by atoms with Gasteiger partial charge in [-0.25, -0.2) is 9.97 Å². The standard InChI is InChI=1S/C19H18N6/c20-9-14-5-6-18(22-10-14)23-11-15-7-8-25(13-15)19-12-21-16-3-1-2-4-17(16)24-19/h1-6,10,12,15H,7-8,11,13H2,(H,22,23)/t15-/m1/s1. The highest BCUT2D eigenvalue weighted by atomic mass is 15.2. The van der Waals surface area contributed by atoms with Crippen LogP contribution < -0.4 is 10.2 Å². The summed E-state index contributed by atoms with van der Waals surface area (Å²) in [5.74, 6) is 2.28. The molecule has 1 aliphatic rings. The molecule has 1 aliphatic heterocycles. The first-order valence-electron chi connectivity index (χ1n) is 8.38. The van der Waals surface area contributed by atoms with E-state index in [1.165, 1.54) is 0 Å². The quantitative estimate of drug-likeness (QED) is 0.792. The van der Waals surface area contributed by atoms with Crippen molar-refractivity contribution in [1.29, 1.82) is 5.26 Å². The predicted octanol–water partition coefficient (Wildman–Crippen LogP) is 2.83. The molecule has 4 rings (SSSR count). The van der Waals surface area contributed by atoms with Gasteiger partial charge in [0.15, 0.2) is 0 Å². The summed E-state index contributed by atoms with van der Waals surface area (Å²) in [5.41, 5.74) is 2.44. The largest absolute Gasteiger partial charge is 0.370 e. The van der Waals surface area contributed by atoms with E-state index in [9.17, 15) is 0 Å². The number of hydrogen-bond donors (Lipinski definition) is 1. The molecular formula is C19H18N6. The van der Waals surface area contributed by atoms with Crippen LogP contribution in [0.2, 0.25) is 0 Å². The maximum Gasteiger partial charge on any atom is 0.147 e. The summed E-state index contributed by atoms with van der Waals surface area (Å²) < 4.78 is 0. The molecular weight excluding hydrogens is 312 g/mol. The lowest BCUT2D eigenvalue weighted by molar-refractivity contribution is 0.621. The molecule has 0 aliphatic carbocycles. The second-order valence-electron chi connectivity index (χ2n) is 6.24. The molecule has 3 aromatic rings. The zero-order valence-electron chi connectivity index (χ0n) is 13.8. The first-order chi connectivity index (χ1) is 12.3. The Kier molecular flexibility index (Phi) is 4.13. The molecule has 1 fully saturated rings. The lowest BCUT2D eigenvalue weighted by Crippen LogP contribution is -2.23. The zero-order valence-corrected chi connectivity index (χ0v) is 13.8. The van der Waals surface area contributed by atoms with Gasteiger partial charge in [0.1, 0.15) is 17.7 Å². The van der Waals surface area contributed by atoms with E-state index >= 15 is 0 Å². The van der Waals surface area contributed by atoms with Crippen LogP contribution in [0.3, 0.4) is 0 Å². The summed E-state index contributed by atoms with van der Waals surface area (Å²) in [6.45, 7) is 2.80. The SMILES string of the molecule is N#Cc1ccc(NC[C@H]2CCN(c3cnc4ccccc4n3)C2)nc1. The number of benzene rings is 1. The molecule has 0 bridgehead atoms. The third-order valence-corrected chi connectivity index (χ3v) is 4.51. The Labute approximate surface area is 146 Å². The van der Waals surface area contributed by atoms with Crippen LogP contribution in [0, 0.1) is 17.2 Å². The monoisotopic (exact) mass is 330 g/mol. The molecule has 1 aromatic carbocycles. The van der Waals surface area contributed by atoms with Gasteiger partial charge in [0.2, 0.25) is 0 Å². The Morgan fingerprint density at radius 3 is 2.80 bits per heavy atom. The van der Waals surface area contributed by atoms with Crippen LogP contribution in [0.1, 0.15) is 12.0 Å². The first kappa shape index (κ1) is 15.3. The Hall–Kier alpha value is -3.20. The van der Waals surface area contributed by atoms with E-state index in [1.807, 2.05) is 36.5 Å². The van der Waals surface area contributed by atoms with Crippen LogP contribution in [0.5, 0.6) is 0 Å². The summed E-state index contributed by atoms with van der Waals surface area (Å²) in [7, 11) is 0. The van der Waals surface area contributed by atoms with Crippen molar-refractivity contribution >= 4 is 22.7 Å². The molecule has 0 radical (unpaired) electrons. The summed E-state index contributed by atoms with van der Waals surface area (Å²) in [6.07, 6.45) is 4.56. The van der Waals surface area contributed by atoms with Crippen molar-refractivity contribution in [2.75, 3.05) is 29.9 Å². The molecule has 6 heteroatoms. The van der Waals surface area contributed by atoms with Crippen molar-refractivity contribution in [2.24, 2.45) is 5.92 Å². The molecule has 1 saturated heterocycles. The van der Waals surface area contributed by atoms with Crippen molar-refractivity contribution in [3.05, 3.63) is 54.4 Å². The van der Waals surface area contributed by atoms with E-state index in [0.717, 1.165) is 48.7 Å². The van der Waals surface area contributed by atoms with Gasteiger partial charge < -0.3 is 10.2 Å². The van der Waals surface area contributed by atoms with Crippen LogP contribution in [0.25, 0.3) is 11.0 Å². The van der Waals surface area contributed by atoms with Crippen LogP contribution in [-0.2, 0) is 0 Å². The fourth-order valence-corrected chi connectivity index (χ4v) is 3.12. The third kappa shape index (κ3) is 3.36. The van der Waals surface area contributed by atoms with Crippen LogP contribution in [0.15, 0.2) is 48.8 Å². The Balaban J connectivity index is 1.37. The second-order valence-corrected chi connectivity index (χ2v) is 6.24. The van der Waals surface area contributed by atoms with Crippen molar-refractivity contribution in [1.82, 2.24) is 15.0 Å². The van der Waals surface area contributed by atoms with E-state index in [4.69, 9.17) is 10.2 Å². The van der Waals surface area contributed by atoms with Gasteiger partial charge in [-0.05, 0) is 36.6 Å². The topological polar surface area (TPSA) is 77.7 Å². The maximum absolute atomic E-state index is 8.81. The number of anilines is 2. The van der Waals surface area contributed by atoms with Gasteiger partial charge in [-0.15, -0.1) is 0 Å². The van der Waals surface area contributed by atoms with Gasteiger partial charge in [0.05, 0.1) is 22.8 Å². The van der Waals surface area contributed by atoms with Crippen molar-refractivity contribution < 1.29 is 0 Å². The molecule has 0 saturated carbocycles. The van der Waals surface area contributed by atoms with E-state index in [-0.39, 0.29) is 0 Å². The maximum atomic E-state index is 8.81. The number of rotatable bonds is 4. The number of hydrogen-bond acceptors (Lipinski definition) is 6. The molecule has 0 unspecified atom stereocenters. The second kappa shape index (κ2) is 6.73. The number of fused-ring (bicyclic) bond motifs is 1. The Morgan fingerprint density at radius 2 is 2.00 bits per heavy atom. The third-order valence-electron chi connectivity index (χ3n) is 4.51. The number of pyridine rings is 1. The lowest BCUT2D eigenvalue weighted by atomic mass is 10.1. The van der Waals surface area contributed by atoms with Gasteiger partial charge in [0, 0.05) is 25.8 Å². The van der Waals surface area contributed by atoms with E-state index in [2.05, 4.69) is 26.3 Å². The van der Waals surface area contributed by atoms with Crippen molar-refractivity contribution in [3.63, 3.8) is 0 Å². The summed E-state index contributed by atoms with van der Waals surface area (Å²) in [4.78, 5) is 15.8. The molecule has 1 atom stereocenters. The number of nitriles is 1. The summed E-state index contributed by atoms with van der Waals surface area (Å²) in [6, 6.07) is 13.6. The number of nitrogens with one attached hydrogen (secondary N) is 1. The Bertz CT molecular complexity index is 915. The smallest absolute Gasteiger partial charge is 0.147 e. The average Bonchev–Trinajstić information content (AvgIpc) is 3.15. The van der Waals surface area contributed by atoms with Gasteiger partial charge in [-0.3, -0.25) is 4.98 Å². The highest BCUT2D eigenvalue weighted by Gasteiger charge is 2.23. The fourth-order valence-electron chi connectivity index (χ4n) is 3.12. The Morgan fingerprint density at radius 1 is 1.12 bits per heavy atom. The van der Waals surface area contributed by atoms with E-state index in [0.29, 0.717) is 11.5 Å². The average molecular weight is 330 g/mol. The van der Waals surface area contributed by atoms with Gasteiger partial charge in [-0.1, -0.05) is 12.1 Å². The molecule has 2 aromatic heterocycles. The van der Waals surface area contributed by atoms with Crippen LogP contribution in [-0.4, -0.2) is 34.6 Å². The minimum absolute atomic E-state index is 0.533. The van der Waals surface area contributed by atoms with E-state index < -0.39 is 0 Å². The molecule has 1 N–H and O–H groups in total. The number of nitrogens with zero attached hydrogens (tertiary/aromatic N) is 5. The minimum Gasteiger partial charge on any atom is -0.370 e. The molecule has 124 valence electrons. The predicted molar refractivity (Wildman–Crippen MR) is 97.3 cm³/mol. The molecule has 25 heavy (non-hydrogen) atoms. The highest BCUT2D eigenvalue weighted by molar-refractivity contribution is 5.75. The van der Waals surface area contributed by atoms with Crippen molar-refractivity contribution in [2.45, 2.75) is 6.42 Å². The van der Waals surface area contributed by atoms with Crippen LogP contribution in [0.4, 0.5) is 11.6 Å². The van der Waals surface area contributed by atoms with Crippen LogP contribution >= 0.6 is 0 Å². The highest BCUT2D eigenvalue weighted by Crippen LogP contribution is 2.23. The van der Waals surface area contributed by atoms with Gasteiger partial charge >= 0.3 is 0 Å². The van der Waals surface area contributed by atoms with E-state index in [1.54, 1.807) is 12.3 Å².